The lowest BCUT2D eigenvalue weighted by atomic mass is 9.86. The van der Waals surface area contributed by atoms with Crippen molar-refractivity contribution in [3.8, 4) is 0 Å². The van der Waals surface area contributed by atoms with Crippen LogP contribution in [-0.2, 0) is 5.60 Å². The smallest absolute Gasteiger partial charge is 0.143 e. The van der Waals surface area contributed by atoms with Crippen molar-refractivity contribution >= 4 is 15.9 Å². The first-order valence-electron chi connectivity index (χ1n) is 5.52. The van der Waals surface area contributed by atoms with Crippen LogP contribution in [0.4, 0.5) is 4.39 Å². The van der Waals surface area contributed by atoms with E-state index in [2.05, 4.69) is 15.9 Å². The molecule has 18 heavy (non-hydrogen) atoms. The average Bonchev–Trinajstić information content (AvgIpc) is 2.42. The first kappa shape index (κ1) is 13.2. The number of benzene rings is 2. The standard InChI is InChI=1S/C14H13BrFNO/c15-12-8-4-7-11(13(12)16)14(18,9-17)10-5-2-1-3-6-10/h1-8,18H,9,17H2. The molecule has 0 aliphatic heterocycles. The summed E-state index contributed by atoms with van der Waals surface area (Å²) in [7, 11) is 0. The number of hydrogen-bond donors (Lipinski definition) is 2. The molecule has 2 nitrogen and oxygen atoms in total. The van der Waals surface area contributed by atoms with Crippen molar-refractivity contribution in [1.29, 1.82) is 0 Å². The summed E-state index contributed by atoms with van der Waals surface area (Å²) < 4.78 is 14.4. The molecule has 2 aromatic rings. The van der Waals surface area contributed by atoms with Crippen LogP contribution in [0.15, 0.2) is 53.0 Å². The third-order valence-electron chi connectivity index (χ3n) is 2.94. The van der Waals surface area contributed by atoms with Crippen LogP contribution in [0, 0.1) is 5.82 Å². The lowest BCUT2D eigenvalue weighted by molar-refractivity contribution is 0.0860. The zero-order valence-electron chi connectivity index (χ0n) is 9.61. The normalized spacial score (nSPS) is 14.2. The Balaban J connectivity index is 2.61. The maximum Gasteiger partial charge on any atom is 0.143 e. The fourth-order valence-corrected chi connectivity index (χ4v) is 2.29. The van der Waals surface area contributed by atoms with Crippen molar-refractivity contribution < 1.29 is 9.50 Å². The molecular weight excluding hydrogens is 297 g/mol. The van der Waals surface area contributed by atoms with E-state index in [1.54, 1.807) is 42.5 Å². The Morgan fingerprint density at radius 1 is 1.11 bits per heavy atom. The van der Waals surface area contributed by atoms with E-state index >= 15 is 0 Å². The Labute approximate surface area is 113 Å². The van der Waals surface area contributed by atoms with Gasteiger partial charge in [0.1, 0.15) is 11.4 Å². The van der Waals surface area contributed by atoms with Crippen LogP contribution in [0.3, 0.4) is 0 Å². The van der Waals surface area contributed by atoms with Crippen molar-refractivity contribution in [3.63, 3.8) is 0 Å². The molecule has 0 saturated carbocycles. The van der Waals surface area contributed by atoms with Gasteiger partial charge in [0.05, 0.1) is 4.47 Å². The molecule has 0 heterocycles. The number of halogens is 2. The Hall–Kier alpha value is -1.23. The van der Waals surface area contributed by atoms with E-state index in [4.69, 9.17) is 5.73 Å². The number of rotatable bonds is 3. The zero-order valence-corrected chi connectivity index (χ0v) is 11.2. The minimum absolute atomic E-state index is 0.0929. The van der Waals surface area contributed by atoms with Gasteiger partial charge >= 0.3 is 0 Å². The van der Waals surface area contributed by atoms with Gasteiger partial charge in [-0.3, -0.25) is 0 Å². The van der Waals surface area contributed by atoms with Gasteiger partial charge in [0.15, 0.2) is 0 Å². The Kier molecular flexibility index (Phi) is 3.80. The molecule has 1 atom stereocenters. The third kappa shape index (κ3) is 2.19. The molecule has 2 rings (SSSR count). The molecule has 4 heteroatoms. The second-order valence-corrected chi connectivity index (χ2v) is 4.89. The van der Waals surface area contributed by atoms with E-state index in [0.29, 0.717) is 10.0 Å². The monoisotopic (exact) mass is 309 g/mol. The molecule has 0 saturated heterocycles. The third-order valence-corrected chi connectivity index (χ3v) is 3.56. The molecule has 0 fully saturated rings. The van der Waals surface area contributed by atoms with E-state index < -0.39 is 11.4 Å². The molecule has 1 unspecified atom stereocenters. The molecule has 94 valence electrons. The average molecular weight is 310 g/mol. The van der Waals surface area contributed by atoms with Crippen LogP contribution in [0.25, 0.3) is 0 Å². The van der Waals surface area contributed by atoms with Gasteiger partial charge in [0.25, 0.3) is 0 Å². The fourth-order valence-electron chi connectivity index (χ4n) is 1.92. The molecule has 0 bridgehead atoms. The van der Waals surface area contributed by atoms with Gasteiger partial charge in [-0.05, 0) is 27.6 Å². The summed E-state index contributed by atoms with van der Waals surface area (Å²) in [5.74, 6) is -0.491. The zero-order chi connectivity index (χ0) is 13.2. The summed E-state index contributed by atoms with van der Waals surface area (Å²) in [6.07, 6.45) is 0. The summed E-state index contributed by atoms with van der Waals surface area (Å²) in [5.41, 5.74) is 4.88. The van der Waals surface area contributed by atoms with Gasteiger partial charge in [-0.2, -0.15) is 0 Å². The van der Waals surface area contributed by atoms with Crippen LogP contribution in [0.5, 0.6) is 0 Å². The van der Waals surface area contributed by atoms with Crippen molar-refractivity contribution in [1.82, 2.24) is 0 Å². The van der Waals surface area contributed by atoms with E-state index in [-0.39, 0.29) is 12.1 Å². The molecule has 2 aromatic carbocycles. The summed E-state index contributed by atoms with van der Waals surface area (Å²) in [5, 5.41) is 10.7. The maximum atomic E-state index is 14.1. The van der Waals surface area contributed by atoms with Crippen molar-refractivity contribution in [2.24, 2.45) is 5.73 Å². The first-order valence-corrected chi connectivity index (χ1v) is 6.31. The second-order valence-electron chi connectivity index (χ2n) is 4.03. The fraction of sp³-hybridized carbons (Fsp3) is 0.143. The summed E-state index contributed by atoms with van der Waals surface area (Å²) in [6.45, 7) is -0.0929. The van der Waals surface area contributed by atoms with Gasteiger partial charge in [-0.25, -0.2) is 4.39 Å². The Morgan fingerprint density at radius 2 is 1.78 bits per heavy atom. The minimum Gasteiger partial charge on any atom is -0.379 e. The highest BCUT2D eigenvalue weighted by Gasteiger charge is 2.33. The van der Waals surface area contributed by atoms with Crippen LogP contribution in [-0.4, -0.2) is 11.7 Å². The molecule has 0 aromatic heterocycles. The van der Waals surface area contributed by atoms with Gasteiger partial charge < -0.3 is 10.8 Å². The van der Waals surface area contributed by atoms with Gasteiger partial charge in [0, 0.05) is 12.1 Å². The van der Waals surface area contributed by atoms with E-state index in [9.17, 15) is 9.50 Å². The highest BCUT2D eigenvalue weighted by Crippen LogP contribution is 2.32. The largest absolute Gasteiger partial charge is 0.379 e. The first-order chi connectivity index (χ1) is 8.59. The lowest BCUT2D eigenvalue weighted by Crippen LogP contribution is -2.37. The van der Waals surface area contributed by atoms with Gasteiger partial charge in [0.2, 0.25) is 0 Å². The quantitative estimate of drug-likeness (QED) is 0.916. The van der Waals surface area contributed by atoms with Crippen LogP contribution in [0.1, 0.15) is 11.1 Å². The number of aliphatic hydroxyl groups is 1. The highest BCUT2D eigenvalue weighted by molar-refractivity contribution is 9.10. The molecular formula is C14H13BrFNO. The van der Waals surface area contributed by atoms with Gasteiger partial charge in [-0.15, -0.1) is 0 Å². The highest BCUT2D eigenvalue weighted by atomic mass is 79.9. The summed E-state index contributed by atoms with van der Waals surface area (Å²) in [4.78, 5) is 0. The van der Waals surface area contributed by atoms with Crippen molar-refractivity contribution in [2.45, 2.75) is 5.60 Å². The maximum absolute atomic E-state index is 14.1. The number of nitrogens with two attached hydrogens (primary N) is 1. The van der Waals surface area contributed by atoms with Crippen LogP contribution < -0.4 is 5.73 Å². The van der Waals surface area contributed by atoms with Crippen LogP contribution >= 0.6 is 15.9 Å². The Bertz CT molecular complexity index is 547. The Morgan fingerprint density at radius 3 is 2.39 bits per heavy atom. The molecule has 3 N–H and O–H groups in total. The molecule has 0 spiro atoms. The SMILES string of the molecule is NCC(O)(c1ccccc1)c1cccc(Br)c1F. The second kappa shape index (κ2) is 5.18. The minimum atomic E-state index is -1.52. The van der Waals surface area contributed by atoms with Crippen LogP contribution in [0.2, 0.25) is 0 Å². The van der Waals surface area contributed by atoms with Crippen molar-refractivity contribution in [3.05, 3.63) is 69.9 Å². The lowest BCUT2D eigenvalue weighted by Gasteiger charge is -2.28. The predicted molar refractivity (Wildman–Crippen MR) is 72.6 cm³/mol. The molecule has 0 radical (unpaired) electrons. The molecule has 0 aliphatic rings. The topological polar surface area (TPSA) is 46.2 Å². The van der Waals surface area contributed by atoms with E-state index in [0.717, 1.165) is 0 Å². The molecule has 0 amide bonds. The van der Waals surface area contributed by atoms with Crippen molar-refractivity contribution in [2.75, 3.05) is 6.54 Å². The van der Waals surface area contributed by atoms with E-state index in [1.165, 1.54) is 0 Å². The summed E-state index contributed by atoms with van der Waals surface area (Å²) >= 11 is 3.11. The summed E-state index contributed by atoms with van der Waals surface area (Å²) in [6, 6.07) is 13.7. The molecule has 0 aliphatic carbocycles. The predicted octanol–water partition coefficient (Wildman–Crippen LogP) is 2.78. The van der Waals surface area contributed by atoms with Gasteiger partial charge in [-0.1, -0.05) is 42.5 Å². The number of hydrogen-bond acceptors (Lipinski definition) is 2. The van der Waals surface area contributed by atoms with E-state index in [1.807, 2.05) is 6.07 Å².